The molecule has 2 nitrogen and oxygen atoms in total. The maximum absolute atomic E-state index is 13.4. The molecule has 0 amide bonds. The van der Waals surface area contributed by atoms with E-state index in [1.165, 1.54) is 12.1 Å². The fourth-order valence-electron chi connectivity index (χ4n) is 2.24. The lowest BCUT2D eigenvalue weighted by Gasteiger charge is -2.02. The fraction of sp³-hybridized carbons (Fsp3) is 0. The van der Waals surface area contributed by atoms with Crippen LogP contribution in [-0.2, 0) is 0 Å². The van der Waals surface area contributed by atoms with Gasteiger partial charge in [0.25, 0.3) is 0 Å². The maximum atomic E-state index is 13.4. The Bertz CT molecular complexity index is 762. The number of hydrogen-bond donors (Lipinski definition) is 2. The SMILES string of the molecule is NC(=S)c1c(-c2ccccc2)[nH]c2ccc(F)cc12. The minimum absolute atomic E-state index is 0.260. The summed E-state index contributed by atoms with van der Waals surface area (Å²) in [5, 5.41) is 0.714. The Morgan fingerprint density at radius 3 is 2.53 bits per heavy atom. The van der Waals surface area contributed by atoms with E-state index in [0.29, 0.717) is 10.9 Å². The van der Waals surface area contributed by atoms with Gasteiger partial charge in [0.15, 0.2) is 0 Å². The number of nitrogens with two attached hydrogens (primary N) is 1. The van der Waals surface area contributed by atoms with E-state index in [1.807, 2.05) is 30.3 Å². The summed E-state index contributed by atoms with van der Waals surface area (Å²) < 4.78 is 13.4. The molecule has 0 spiro atoms. The van der Waals surface area contributed by atoms with Crippen LogP contribution in [0, 0.1) is 5.82 Å². The van der Waals surface area contributed by atoms with Crippen molar-refractivity contribution in [1.29, 1.82) is 0 Å². The molecule has 3 rings (SSSR count). The molecular weight excluding hydrogens is 259 g/mol. The van der Waals surface area contributed by atoms with Gasteiger partial charge in [-0.2, -0.15) is 0 Å². The predicted octanol–water partition coefficient (Wildman–Crippen LogP) is 3.61. The van der Waals surface area contributed by atoms with Crippen LogP contribution in [0.4, 0.5) is 4.39 Å². The molecule has 4 heteroatoms. The molecule has 3 aromatic rings. The highest BCUT2D eigenvalue weighted by atomic mass is 32.1. The Hall–Kier alpha value is -2.20. The van der Waals surface area contributed by atoms with Gasteiger partial charge in [0.2, 0.25) is 0 Å². The smallest absolute Gasteiger partial charge is 0.123 e. The van der Waals surface area contributed by atoms with Gasteiger partial charge in [0.05, 0.1) is 5.69 Å². The Balaban J connectivity index is 2.36. The third-order valence-electron chi connectivity index (χ3n) is 3.07. The van der Waals surface area contributed by atoms with Gasteiger partial charge in [0, 0.05) is 16.5 Å². The molecular formula is C15H11FN2S. The average molecular weight is 270 g/mol. The summed E-state index contributed by atoms with van der Waals surface area (Å²) >= 11 is 5.11. The fourth-order valence-corrected chi connectivity index (χ4v) is 2.45. The number of aromatic nitrogens is 1. The van der Waals surface area contributed by atoms with Gasteiger partial charge in [-0.3, -0.25) is 0 Å². The monoisotopic (exact) mass is 270 g/mol. The molecule has 0 atom stereocenters. The number of thiocarbonyl (C=S) groups is 1. The van der Waals surface area contributed by atoms with Crippen LogP contribution in [0.25, 0.3) is 22.2 Å². The van der Waals surface area contributed by atoms with Crippen molar-refractivity contribution in [2.45, 2.75) is 0 Å². The molecule has 0 aliphatic heterocycles. The van der Waals surface area contributed by atoms with Crippen molar-refractivity contribution in [3.05, 3.63) is 59.9 Å². The topological polar surface area (TPSA) is 41.8 Å². The summed E-state index contributed by atoms with van der Waals surface area (Å²) in [6.45, 7) is 0. The summed E-state index contributed by atoms with van der Waals surface area (Å²) in [5.74, 6) is -0.302. The van der Waals surface area contributed by atoms with E-state index in [1.54, 1.807) is 6.07 Å². The third kappa shape index (κ3) is 2.00. The van der Waals surface area contributed by atoms with Gasteiger partial charge in [-0.15, -0.1) is 0 Å². The van der Waals surface area contributed by atoms with Crippen LogP contribution in [-0.4, -0.2) is 9.97 Å². The molecule has 2 aromatic carbocycles. The van der Waals surface area contributed by atoms with E-state index in [4.69, 9.17) is 18.0 Å². The van der Waals surface area contributed by atoms with Crippen LogP contribution in [0.3, 0.4) is 0 Å². The molecule has 19 heavy (non-hydrogen) atoms. The van der Waals surface area contributed by atoms with Crippen LogP contribution < -0.4 is 5.73 Å². The van der Waals surface area contributed by atoms with Crippen LogP contribution in [0.2, 0.25) is 0 Å². The Labute approximate surface area is 115 Å². The van der Waals surface area contributed by atoms with E-state index in [0.717, 1.165) is 16.8 Å². The second kappa shape index (κ2) is 4.48. The van der Waals surface area contributed by atoms with E-state index in [-0.39, 0.29) is 10.8 Å². The minimum atomic E-state index is -0.302. The molecule has 0 radical (unpaired) electrons. The zero-order chi connectivity index (χ0) is 13.4. The van der Waals surface area contributed by atoms with Crippen molar-refractivity contribution in [2.75, 3.05) is 0 Å². The van der Waals surface area contributed by atoms with Gasteiger partial charge in [0.1, 0.15) is 10.8 Å². The first-order chi connectivity index (χ1) is 9.16. The van der Waals surface area contributed by atoms with Gasteiger partial charge < -0.3 is 10.7 Å². The lowest BCUT2D eigenvalue weighted by Crippen LogP contribution is -2.10. The lowest BCUT2D eigenvalue weighted by atomic mass is 10.1. The largest absolute Gasteiger partial charge is 0.389 e. The van der Waals surface area contributed by atoms with Crippen LogP contribution in [0.15, 0.2) is 48.5 Å². The number of aromatic amines is 1. The number of rotatable bonds is 2. The van der Waals surface area contributed by atoms with Gasteiger partial charge in [-0.25, -0.2) is 4.39 Å². The summed E-state index contributed by atoms with van der Waals surface area (Å²) in [4.78, 5) is 3.51. The summed E-state index contributed by atoms with van der Waals surface area (Å²) in [6, 6.07) is 14.3. The highest BCUT2D eigenvalue weighted by molar-refractivity contribution is 7.80. The number of fused-ring (bicyclic) bond motifs is 1. The molecule has 0 aliphatic carbocycles. The Kier molecular flexibility index (Phi) is 2.80. The number of hydrogen-bond acceptors (Lipinski definition) is 1. The van der Waals surface area contributed by atoms with Gasteiger partial charge >= 0.3 is 0 Å². The second-order valence-corrected chi connectivity index (χ2v) is 4.74. The van der Waals surface area contributed by atoms with Gasteiger partial charge in [-0.05, 0) is 23.8 Å². The van der Waals surface area contributed by atoms with Crippen molar-refractivity contribution < 1.29 is 4.39 Å². The third-order valence-corrected chi connectivity index (χ3v) is 3.27. The quantitative estimate of drug-likeness (QED) is 0.698. The normalized spacial score (nSPS) is 10.8. The van der Waals surface area contributed by atoms with Crippen molar-refractivity contribution in [3.8, 4) is 11.3 Å². The number of benzene rings is 2. The maximum Gasteiger partial charge on any atom is 0.123 e. The first kappa shape index (κ1) is 11.9. The van der Waals surface area contributed by atoms with Crippen LogP contribution in [0.5, 0.6) is 0 Å². The molecule has 1 aromatic heterocycles. The van der Waals surface area contributed by atoms with Crippen molar-refractivity contribution >= 4 is 28.1 Å². The minimum Gasteiger partial charge on any atom is -0.389 e. The predicted molar refractivity (Wildman–Crippen MR) is 79.6 cm³/mol. The molecule has 1 heterocycles. The van der Waals surface area contributed by atoms with Crippen molar-refractivity contribution in [3.63, 3.8) is 0 Å². The summed E-state index contributed by atoms with van der Waals surface area (Å²) in [5.41, 5.74) is 9.12. The van der Waals surface area contributed by atoms with Crippen LogP contribution in [0.1, 0.15) is 5.56 Å². The van der Waals surface area contributed by atoms with E-state index >= 15 is 0 Å². The molecule has 3 N–H and O–H groups in total. The average Bonchev–Trinajstić information content (AvgIpc) is 2.78. The zero-order valence-electron chi connectivity index (χ0n) is 9.98. The van der Waals surface area contributed by atoms with Crippen LogP contribution >= 0.6 is 12.2 Å². The van der Waals surface area contributed by atoms with E-state index in [9.17, 15) is 4.39 Å². The van der Waals surface area contributed by atoms with E-state index in [2.05, 4.69) is 4.98 Å². The first-order valence-corrected chi connectivity index (χ1v) is 6.24. The molecule has 0 saturated carbocycles. The number of nitrogens with one attached hydrogen (secondary N) is 1. The number of halogens is 1. The zero-order valence-corrected chi connectivity index (χ0v) is 10.8. The lowest BCUT2D eigenvalue weighted by molar-refractivity contribution is 0.629. The Morgan fingerprint density at radius 2 is 1.84 bits per heavy atom. The molecule has 0 bridgehead atoms. The van der Waals surface area contributed by atoms with E-state index < -0.39 is 0 Å². The highest BCUT2D eigenvalue weighted by Gasteiger charge is 2.15. The van der Waals surface area contributed by atoms with Gasteiger partial charge in [-0.1, -0.05) is 42.5 Å². The molecule has 0 unspecified atom stereocenters. The number of H-pyrrole nitrogens is 1. The summed E-state index contributed by atoms with van der Waals surface area (Å²) in [7, 11) is 0. The summed E-state index contributed by atoms with van der Waals surface area (Å²) in [6.07, 6.45) is 0. The molecule has 0 fully saturated rings. The second-order valence-electron chi connectivity index (χ2n) is 4.30. The molecule has 0 aliphatic rings. The molecule has 0 saturated heterocycles. The standard InChI is InChI=1S/C15H11FN2S/c16-10-6-7-12-11(8-10)13(15(17)19)14(18-12)9-4-2-1-3-5-9/h1-8,18H,(H2,17,19). The van der Waals surface area contributed by atoms with Crippen molar-refractivity contribution in [2.24, 2.45) is 5.73 Å². The Morgan fingerprint density at radius 1 is 1.11 bits per heavy atom. The first-order valence-electron chi connectivity index (χ1n) is 5.83. The van der Waals surface area contributed by atoms with Crippen molar-refractivity contribution in [1.82, 2.24) is 4.98 Å². The molecule has 94 valence electrons. The highest BCUT2D eigenvalue weighted by Crippen LogP contribution is 2.30.